The highest BCUT2D eigenvalue weighted by molar-refractivity contribution is 6.36. The van der Waals surface area contributed by atoms with E-state index in [0.29, 0.717) is 32.9 Å². The zero-order valence-electron chi connectivity index (χ0n) is 16.6. The smallest absolute Gasteiger partial charge is 0.416 e. The average Bonchev–Trinajstić information content (AvgIpc) is 3.35. The lowest BCUT2D eigenvalue weighted by Gasteiger charge is -2.22. The van der Waals surface area contributed by atoms with Crippen LogP contribution in [0.25, 0.3) is 11.3 Å². The van der Waals surface area contributed by atoms with Crippen LogP contribution in [0.4, 0.5) is 16.6 Å². The van der Waals surface area contributed by atoms with Gasteiger partial charge in [0.2, 0.25) is 5.95 Å². The molecule has 9 nitrogen and oxygen atoms in total. The molecule has 11 heteroatoms. The summed E-state index contributed by atoms with van der Waals surface area (Å²) >= 11 is 12.2. The van der Waals surface area contributed by atoms with Crippen molar-refractivity contribution in [2.24, 2.45) is 0 Å². The molecule has 1 aliphatic heterocycles. The highest BCUT2D eigenvalue weighted by Crippen LogP contribution is 2.31. The molecule has 162 valence electrons. The average molecular weight is 464 g/mol. The first-order chi connectivity index (χ1) is 14.8. The van der Waals surface area contributed by atoms with Gasteiger partial charge in [-0.2, -0.15) is 4.98 Å². The number of cyclic esters (lactones) is 1. The van der Waals surface area contributed by atoms with E-state index in [1.165, 1.54) is 11.1 Å². The molecule has 3 heterocycles. The van der Waals surface area contributed by atoms with Gasteiger partial charge in [-0.25, -0.2) is 9.78 Å². The van der Waals surface area contributed by atoms with Gasteiger partial charge in [-0.3, -0.25) is 4.90 Å². The summed E-state index contributed by atoms with van der Waals surface area (Å²) in [5.41, 5.74) is 1.27. The predicted octanol–water partition coefficient (Wildman–Crippen LogP) is 4.32. The van der Waals surface area contributed by atoms with Crippen molar-refractivity contribution in [3.63, 3.8) is 0 Å². The zero-order chi connectivity index (χ0) is 22.1. The SMILES string of the molecule is C[C@H](Nc1nccc(N2C(=O)OCC2[C@@H](C)O)n1)c1cc(-c2ccc(Cl)cc2Cl)no1. The quantitative estimate of drug-likeness (QED) is 0.555. The molecule has 2 aromatic heterocycles. The first kappa shape index (κ1) is 21.4. The Morgan fingerprint density at radius 2 is 2.06 bits per heavy atom. The fourth-order valence-corrected chi connectivity index (χ4v) is 3.70. The summed E-state index contributed by atoms with van der Waals surface area (Å²) in [6.07, 6.45) is 0.175. The predicted molar refractivity (Wildman–Crippen MR) is 115 cm³/mol. The van der Waals surface area contributed by atoms with Crippen molar-refractivity contribution in [1.29, 1.82) is 0 Å². The molecule has 0 spiro atoms. The van der Waals surface area contributed by atoms with Crippen molar-refractivity contribution in [3.05, 3.63) is 52.3 Å². The lowest BCUT2D eigenvalue weighted by atomic mass is 10.1. The molecule has 3 aromatic rings. The highest BCUT2D eigenvalue weighted by atomic mass is 35.5. The zero-order valence-corrected chi connectivity index (χ0v) is 18.1. The van der Waals surface area contributed by atoms with Gasteiger partial charge in [-0.15, -0.1) is 0 Å². The molecule has 2 N–H and O–H groups in total. The first-order valence-electron chi connectivity index (χ1n) is 9.49. The number of nitrogens with one attached hydrogen (secondary N) is 1. The maximum Gasteiger partial charge on any atom is 0.416 e. The molecule has 1 aliphatic rings. The van der Waals surface area contributed by atoms with Crippen molar-refractivity contribution >= 4 is 41.1 Å². The normalized spacial score (nSPS) is 18.0. The molecule has 0 saturated carbocycles. The molecule has 1 amide bonds. The van der Waals surface area contributed by atoms with Gasteiger partial charge >= 0.3 is 6.09 Å². The van der Waals surface area contributed by atoms with Gasteiger partial charge in [0, 0.05) is 22.8 Å². The summed E-state index contributed by atoms with van der Waals surface area (Å²) in [6, 6.07) is 7.61. The van der Waals surface area contributed by atoms with Crippen molar-refractivity contribution in [3.8, 4) is 11.3 Å². The Labute approximate surface area is 187 Å². The van der Waals surface area contributed by atoms with Crippen molar-refractivity contribution in [2.75, 3.05) is 16.8 Å². The monoisotopic (exact) mass is 463 g/mol. The molecule has 1 aromatic carbocycles. The van der Waals surface area contributed by atoms with Crippen LogP contribution in [0.1, 0.15) is 25.6 Å². The van der Waals surface area contributed by atoms with E-state index in [1.807, 2.05) is 6.92 Å². The van der Waals surface area contributed by atoms with Crippen molar-refractivity contribution < 1.29 is 19.2 Å². The fourth-order valence-electron chi connectivity index (χ4n) is 3.19. The van der Waals surface area contributed by atoms with Crippen LogP contribution < -0.4 is 10.2 Å². The number of nitrogens with zero attached hydrogens (tertiary/aromatic N) is 4. The molecule has 3 atom stereocenters. The van der Waals surface area contributed by atoms with E-state index in [-0.39, 0.29) is 18.6 Å². The van der Waals surface area contributed by atoms with E-state index in [9.17, 15) is 9.90 Å². The Morgan fingerprint density at radius 1 is 1.26 bits per heavy atom. The van der Waals surface area contributed by atoms with Crippen LogP contribution >= 0.6 is 23.2 Å². The first-order valence-corrected chi connectivity index (χ1v) is 10.2. The summed E-state index contributed by atoms with van der Waals surface area (Å²) < 4.78 is 10.5. The van der Waals surface area contributed by atoms with Crippen LogP contribution in [0.5, 0.6) is 0 Å². The lowest BCUT2D eigenvalue weighted by Crippen LogP contribution is -2.41. The van der Waals surface area contributed by atoms with Gasteiger partial charge < -0.3 is 19.7 Å². The number of benzene rings is 1. The Hall–Kier alpha value is -2.88. The van der Waals surface area contributed by atoms with Gasteiger partial charge in [-0.1, -0.05) is 28.4 Å². The van der Waals surface area contributed by atoms with E-state index < -0.39 is 18.2 Å². The molecule has 0 aliphatic carbocycles. The summed E-state index contributed by atoms with van der Waals surface area (Å²) in [4.78, 5) is 22.0. The second-order valence-corrected chi connectivity index (χ2v) is 7.94. The molecule has 0 radical (unpaired) electrons. The number of hydrogen-bond acceptors (Lipinski definition) is 8. The van der Waals surface area contributed by atoms with Gasteiger partial charge in [-0.05, 0) is 38.1 Å². The van der Waals surface area contributed by atoms with Gasteiger partial charge in [0.1, 0.15) is 24.2 Å². The van der Waals surface area contributed by atoms with Crippen LogP contribution in [0.15, 0.2) is 41.1 Å². The van der Waals surface area contributed by atoms with Crippen LogP contribution in [-0.4, -0.2) is 45.1 Å². The third-order valence-electron chi connectivity index (χ3n) is 4.86. The summed E-state index contributed by atoms with van der Waals surface area (Å²) in [6.45, 7) is 3.54. The fraction of sp³-hybridized carbons (Fsp3) is 0.300. The molecular formula is C20H19Cl2N5O4. The minimum absolute atomic E-state index is 0.0910. The number of halogens is 2. The van der Waals surface area contributed by atoms with Crippen molar-refractivity contribution in [1.82, 2.24) is 15.1 Å². The number of rotatable bonds is 6. The lowest BCUT2D eigenvalue weighted by molar-refractivity contribution is 0.142. The Kier molecular flexibility index (Phi) is 5.99. The molecule has 1 unspecified atom stereocenters. The van der Waals surface area contributed by atoms with E-state index in [2.05, 4.69) is 20.4 Å². The van der Waals surface area contributed by atoms with Gasteiger partial charge in [0.25, 0.3) is 0 Å². The summed E-state index contributed by atoms with van der Waals surface area (Å²) in [5, 5.41) is 18.1. The van der Waals surface area contributed by atoms with Crippen molar-refractivity contribution in [2.45, 2.75) is 32.0 Å². The van der Waals surface area contributed by atoms with Crippen LogP contribution in [-0.2, 0) is 4.74 Å². The molecular weight excluding hydrogens is 445 g/mol. The number of ether oxygens (including phenoxy) is 1. The van der Waals surface area contributed by atoms with Crippen LogP contribution in [0.2, 0.25) is 10.0 Å². The second-order valence-electron chi connectivity index (χ2n) is 7.10. The summed E-state index contributed by atoms with van der Waals surface area (Å²) in [5.74, 6) is 1.14. The number of anilines is 2. The molecule has 1 fully saturated rings. The highest BCUT2D eigenvalue weighted by Gasteiger charge is 2.38. The van der Waals surface area contributed by atoms with E-state index in [0.717, 1.165) is 0 Å². The molecule has 4 rings (SSSR count). The number of hydrogen-bond donors (Lipinski definition) is 2. The standard InChI is InChI=1S/C20H19Cl2N5O4/c1-10(17-8-15(26-31-17)13-4-3-12(21)7-14(13)22)24-19-23-6-5-18(25-19)27-16(11(2)28)9-30-20(27)29/h3-8,10-11,16,28H,9H2,1-2H3,(H,23,24,25)/t10-,11+,16?/m0/s1. The van der Waals surface area contributed by atoms with E-state index in [1.54, 1.807) is 37.3 Å². The van der Waals surface area contributed by atoms with Gasteiger partial charge in [0.05, 0.1) is 17.2 Å². The molecule has 1 saturated heterocycles. The topological polar surface area (TPSA) is 114 Å². The van der Waals surface area contributed by atoms with Crippen LogP contribution in [0, 0.1) is 0 Å². The van der Waals surface area contributed by atoms with E-state index >= 15 is 0 Å². The number of carbonyl (C=O) groups excluding carboxylic acids is 1. The van der Waals surface area contributed by atoms with Crippen LogP contribution in [0.3, 0.4) is 0 Å². The number of aliphatic hydroxyl groups is 1. The number of aromatic nitrogens is 3. The number of aliphatic hydroxyl groups excluding tert-OH is 1. The largest absolute Gasteiger partial charge is 0.447 e. The minimum atomic E-state index is -0.774. The maximum atomic E-state index is 12.1. The Bertz CT molecular complexity index is 1110. The Balaban J connectivity index is 1.52. The molecule has 0 bridgehead atoms. The Morgan fingerprint density at radius 3 is 2.81 bits per heavy atom. The summed E-state index contributed by atoms with van der Waals surface area (Å²) in [7, 11) is 0. The molecule has 31 heavy (non-hydrogen) atoms. The third-order valence-corrected chi connectivity index (χ3v) is 5.41. The van der Waals surface area contributed by atoms with E-state index in [4.69, 9.17) is 32.5 Å². The number of amides is 1. The number of carbonyl (C=O) groups is 1. The minimum Gasteiger partial charge on any atom is -0.447 e. The van der Waals surface area contributed by atoms with Gasteiger partial charge in [0.15, 0.2) is 5.76 Å². The third kappa shape index (κ3) is 4.43. The maximum absolute atomic E-state index is 12.1. The second kappa shape index (κ2) is 8.70.